The van der Waals surface area contributed by atoms with Crippen LogP contribution >= 0.6 is 11.3 Å². The number of anilines is 1. The fourth-order valence-electron chi connectivity index (χ4n) is 3.63. The third-order valence-electron chi connectivity index (χ3n) is 4.99. The Morgan fingerprint density at radius 1 is 1.33 bits per heavy atom. The number of hydrogen-bond acceptors (Lipinski definition) is 7. The van der Waals surface area contributed by atoms with Gasteiger partial charge in [0, 0.05) is 36.1 Å². The quantitative estimate of drug-likeness (QED) is 0.620. The molecular weight excluding hydrogens is 407 g/mol. The second-order valence-corrected chi connectivity index (χ2v) is 8.07. The summed E-state index contributed by atoms with van der Waals surface area (Å²) in [7, 11) is 1.56. The lowest BCUT2D eigenvalue weighted by Gasteiger charge is -2.37. The fourth-order valence-corrected chi connectivity index (χ4v) is 4.18. The minimum absolute atomic E-state index is 0.139. The number of ether oxygens (including phenoxy) is 2. The molecule has 0 fully saturated rings. The average Bonchev–Trinajstić information content (AvgIpc) is 3.21. The first kappa shape index (κ1) is 20.2. The number of halogens is 1. The van der Waals surface area contributed by atoms with E-state index in [1.807, 2.05) is 24.4 Å². The molecule has 1 aliphatic heterocycles. The summed E-state index contributed by atoms with van der Waals surface area (Å²) >= 11 is 1.37. The summed E-state index contributed by atoms with van der Waals surface area (Å²) in [5.74, 6) is 0.601. The molecule has 0 radical (unpaired) electrons. The van der Waals surface area contributed by atoms with Crippen molar-refractivity contribution in [1.82, 2.24) is 15.3 Å². The smallest absolute Gasteiger partial charge is 0.228 e. The lowest BCUT2D eigenvalue weighted by atomic mass is 9.81. The summed E-state index contributed by atoms with van der Waals surface area (Å²) in [4.78, 5) is 20.6. The number of pyridine rings is 1. The van der Waals surface area contributed by atoms with Crippen LogP contribution in [0.2, 0.25) is 0 Å². The molecule has 2 aromatic heterocycles. The Hall–Kier alpha value is -3.04. The van der Waals surface area contributed by atoms with Crippen molar-refractivity contribution in [1.29, 1.82) is 0 Å². The molecule has 0 unspecified atom stereocenters. The zero-order valence-corrected chi connectivity index (χ0v) is 17.4. The molecule has 0 saturated heterocycles. The lowest BCUT2D eigenvalue weighted by molar-refractivity contribution is -0.117. The van der Waals surface area contributed by atoms with Crippen LogP contribution in [0.5, 0.6) is 17.2 Å². The Balaban J connectivity index is 1.64. The van der Waals surface area contributed by atoms with Gasteiger partial charge in [0.25, 0.3) is 0 Å². The van der Waals surface area contributed by atoms with Crippen LogP contribution in [0.4, 0.5) is 9.52 Å². The van der Waals surface area contributed by atoms with Crippen molar-refractivity contribution in [2.24, 2.45) is 0 Å². The van der Waals surface area contributed by atoms with Crippen LogP contribution in [-0.4, -0.2) is 29.5 Å². The Labute approximate surface area is 177 Å². The van der Waals surface area contributed by atoms with E-state index in [1.165, 1.54) is 23.6 Å². The van der Waals surface area contributed by atoms with Crippen molar-refractivity contribution in [3.8, 4) is 17.2 Å². The highest BCUT2D eigenvalue weighted by Crippen LogP contribution is 2.41. The van der Waals surface area contributed by atoms with E-state index in [9.17, 15) is 9.18 Å². The van der Waals surface area contributed by atoms with Gasteiger partial charge in [0.2, 0.25) is 5.91 Å². The molecule has 9 heteroatoms. The predicted molar refractivity (Wildman–Crippen MR) is 112 cm³/mol. The van der Waals surface area contributed by atoms with Gasteiger partial charge in [0.15, 0.2) is 16.6 Å². The van der Waals surface area contributed by atoms with Crippen molar-refractivity contribution >= 4 is 22.4 Å². The topological polar surface area (TPSA) is 85.4 Å². The standard InChI is InChI=1S/C21H21FN4O3S/c1-21(10-19(27)26-20-24-5-6-30-20)16-9-18(29-15-8-14(22)11-23-12-15)17(28-2)7-13(16)3-4-25-21/h5-9,11-12,25H,3-4,10H2,1-2H3,(H,24,26,27)/t21-/m1/s1. The Kier molecular flexibility index (Phi) is 5.65. The predicted octanol–water partition coefficient (Wildman–Crippen LogP) is 3.87. The van der Waals surface area contributed by atoms with Crippen molar-refractivity contribution in [3.05, 3.63) is 59.1 Å². The van der Waals surface area contributed by atoms with E-state index in [0.717, 1.165) is 30.3 Å². The number of carbonyl (C=O) groups is 1. The maximum absolute atomic E-state index is 13.5. The molecule has 0 bridgehead atoms. The number of aromatic nitrogens is 2. The van der Waals surface area contributed by atoms with Crippen LogP contribution in [0, 0.1) is 5.82 Å². The molecule has 156 valence electrons. The third-order valence-corrected chi connectivity index (χ3v) is 5.68. The van der Waals surface area contributed by atoms with Crippen molar-refractivity contribution < 1.29 is 18.7 Å². The molecule has 2 N–H and O–H groups in total. The molecule has 0 saturated carbocycles. The number of amides is 1. The largest absolute Gasteiger partial charge is 0.493 e. The first-order chi connectivity index (χ1) is 14.5. The van der Waals surface area contributed by atoms with Gasteiger partial charge in [-0.15, -0.1) is 11.3 Å². The number of methoxy groups -OCH3 is 1. The van der Waals surface area contributed by atoms with E-state index < -0.39 is 11.4 Å². The van der Waals surface area contributed by atoms with Crippen LogP contribution in [0.1, 0.15) is 24.5 Å². The summed E-state index contributed by atoms with van der Waals surface area (Å²) in [5.41, 5.74) is 1.39. The van der Waals surface area contributed by atoms with Crippen LogP contribution in [0.15, 0.2) is 42.2 Å². The monoisotopic (exact) mass is 428 g/mol. The van der Waals surface area contributed by atoms with Crippen LogP contribution in [-0.2, 0) is 16.8 Å². The van der Waals surface area contributed by atoms with Crippen LogP contribution < -0.4 is 20.1 Å². The number of carbonyl (C=O) groups excluding carboxylic acids is 1. The Morgan fingerprint density at radius 2 is 2.20 bits per heavy atom. The lowest BCUT2D eigenvalue weighted by Crippen LogP contribution is -2.47. The maximum atomic E-state index is 13.5. The SMILES string of the molecule is COc1cc2c(cc1Oc1cncc(F)c1)[C@@](C)(CC(=O)Nc1nccs1)NCC2. The van der Waals surface area contributed by atoms with Gasteiger partial charge in [-0.3, -0.25) is 9.78 Å². The van der Waals surface area contributed by atoms with Crippen molar-refractivity contribution in [3.63, 3.8) is 0 Å². The number of rotatable bonds is 6. The molecule has 3 aromatic rings. The van der Waals surface area contributed by atoms with Crippen molar-refractivity contribution in [2.45, 2.75) is 25.3 Å². The van der Waals surface area contributed by atoms with E-state index in [-0.39, 0.29) is 18.1 Å². The molecule has 1 atom stereocenters. The Morgan fingerprint density at radius 3 is 2.93 bits per heavy atom. The molecule has 3 heterocycles. The van der Waals surface area contributed by atoms with E-state index in [0.29, 0.717) is 16.6 Å². The molecule has 1 aliphatic rings. The van der Waals surface area contributed by atoms with E-state index >= 15 is 0 Å². The molecule has 4 rings (SSSR count). The van der Waals surface area contributed by atoms with Gasteiger partial charge in [-0.1, -0.05) is 0 Å². The van der Waals surface area contributed by atoms with Gasteiger partial charge in [-0.2, -0.15) is 0 Å². The number of hydrogen-bond donors (Lipinski definition) is 2. The average molecular weight is 428 g/mol. The van der Waals surface area contributed by atoms with Gasteiger partial charge in [-0.05, 0) is 36.6 Å². The molecule has 7 nitrogen and oxygen atoms in total. The van der Waals surface area contributed by atoms with Gasteiger partial charge in [-0.25, -0.2) is 9.37 Å². The summed E-state index contributed by atoms with van der Waals surface area (Å²) in [6, 6.07) is 5.02. The molecule has 30 heavy (non-hydrogen) atoms. The third kappa shape index (κ3) is 4.27. The number of nitrogens with one attached hydrogen (secondary N) is 2. The highest BCUT2D eigenvalue weighted by Gasteiger charge is 2.35. The van der Waals surface area contributed by atoms with E-state index in [1.54, 1.807) is 13.3 Å². The normalized spacial score (nSPS) is 17.8. The van der Waals surface area contributed by atoms with E-state index in [2.05, 4.69) is 20.6 Å². The number of nitrogens with zero attached hydrogens (tertiary/aromatic N) is 2. The zero-order valence-electron chi connectivity index (χ0n) is 16.6. The van der Waals surface area contributed by atoms with E-state index in [4.69, 9.17) is 9.47 Å². The highest BCUT2D eigenvalue weighted by atomic mass is 32.1. The molecule has 0 spiro atoms. The second kappa shape index (κ2) is 8.37. The molecule has 1 amide bonds. The fraction of sp³-hybridized carbons (Fsp3) is 0.286. The second-order valence-electron chi connectivity index (χ2n) is 7.17. The molecule has 1 aromatic carbocycles. The minimum Gasteiger partial charge on any atom is -0.493 e. The first-order valence-electron chi connectivity index (χ1n) is 9.41. The van der Waals surface area contributed by atoms with Gasteiger partial charge in [0.05, 0.1) is 19.5 Å². The summed E-state index contributed by atoms with van der Waals surface area (Å²) in [6.45, 7) is 2.71. The maximum Gasteiger partial charge on any atom is 0.228 e. The number of thiazole rings is 1. The Bertz CT molecular complexity index is 1060. The highest BCUT2D eigenvalue weighted by molar-refractivity contribution is 7.13. The van der Waals surface area contributed by atoms with Crippen LogP contribution in [0.25, 0.3) is 0 Å². The summed E-state index contributed by atoms with van der Waals surface area (Å²) in [6.07, 6.45) is 5.19. The minimum atomic E-state index is -0.612. The number of benzene rings is 1. The van der Waals surface area contributed by atoms with Gasteiger partial charge in [0.1, 0.15) is 11.6 Å². The summed E-state index contributed by atoms with van der Waals surface area (Å²) in [5, 5.41) is 8.66. The zero-order chi connectivity index (χ0) is 21.1. The number of fused-ring (bicyclic) bond motifs is 1. The van der Waals surface area contributed by atoms with Gasteiger partial charge < -0.3 is 20.1 Å². The first-order valence-corrected chi connectivity index (χ1v) is 10.3. The van der Waals surface area contributed by atoms with Crippen molar-refractivity contribution in [2.75, 3.05) is 19.0 Å². The molecule has 0 aliphatic carbocycles. The summed E-state index contributed by atoms with van der Waals surface area (Å²) < 4.78 is 24.9. The van der Waals surface area contributed by atoms with Gasteiger partial charge >= 0.3 is 0 Å². The van der Waals surface area contributed by atoms with Crippen LogP contribution in [0.3, 0.4) is 0 Å². The molecular formula is C21H21FN4O3S.